The fourth-order valence-corrected chi connectivity index (χ4v) is 3.02. The number of para-hydroxylation sites is 1. The van der Waals surface area contributed by atoms with Crippen molar-refractivity contribution in [3.05, 3.63) is 66.2 Å². The van der Waals surface area contributed by atoms with Crippen molar-refractivity contribution in [2.24, 2.45) is 0 Å². The standard InChI is InChI=1S/C17H21NO4S/c19-17(14-23(20,21)22)13-18(16-9-5-2-6-10-16)12-11-15-7-3-1-4-8-15/h1-10,17,19H,11-14H2,(H,20,21,22). The van der Waals surface area contributed by atoms with Crippen LogP contribution in [0.5, 0.6) is 0 Å². The van der Waals surface area contributed by atoms with Crippen LogP contribution in [0.2, 0.25) is 0 Å². The molecule has 2 N–H and O–H groups in total. The lowest BCUT2D eigenvalue weighted by Gasteiger charge is -2.27. The average molecular weight is 335 g/mol. The fourth-order valence-electron chi connectivity index (χ4n) is 2.42. The predicted molar refractivity (Wildman–Crippen MR) is 91.2 cm³/mol. The summed E-state index contributed by atoms with van der Waals surface area (Å²) in [5.41, 5.74) is 2.07. The van der Waals surface area contributed by atoms with Gasteiger partial charge >= 0.3 is 0 Å². The van der Waals surface area contributed by atoms with Gasteiger partial charge in [0.05, 0.1) is 6.10 Å². The second-order valence-corrected chi connectivity index (χ2v) is 6.92. The molecule has 0 amide bonds. The predicted octanol–water partition coefficient (Wildman–Crippen LogP) is 1.98. The Balaban J connectivity index is 2.06. The Kier molecular flexibility index (Phi) is 6.15. The summed E-state index contributed by atoms with van der Waals surface area (Å²) >= 11 is 0. The zero-order chi connectivity index (χ0) is 16.7. The maximum atomic E-state index is 10.9. The van der Waals surface area contributed by atoms with E-state index in [1.54, 1.807) is 0 Å². The molecule has 1 atom stereocenters. The molecule has 23 heavy (non-hydrogen) atoms. The molecular weight excluding hydrogens is 314 g/mol. The maximum Gasteiger partial charge on any atom is 0.267 e. The number of hydrogen-bond acceptors (Lipinski definition) is 4. The summed E-state index contributed by atoms with van der Waals surface area (Å²) in [5, 5.41) is 9.93. The van der Waals surface area contributed by atoms with E-state index >= 15 is 0 Å². The van der Waals surface area contributed by atoms with Gasteiger partial charge in [0, 0.05) is 18.8 Å². The highest BCUT2D eigenvalue weighted by Gasteiger charge is 2.18. The summed E-state index contributed by atoms with van der Waals surface area (Å²) in [6.45, 7) is 0.771. The third-order valence-corrected chi connectivity index (χ3v) is 4.27. The van der Waals surface area contributed by atoms with Crippen LogP contribution in [0, 0.1) is 0 Å². The molecule has 0 saturated heterocycles. The van der Waals surface area contributed by atoms with Crippen LogP contribution in [0.4, 0.5) is 5.69 Å². The van der Waals surface area contributed by atoms with E-state index < -0.39 is 22.0 Å². The van der Waals surface area contributed by atoms with Crippen molar-refractivity contribution < 1.29 is 18.1 Å². The molecule has 0 fully saturated rings. The molecular formula is C17H21NO4S. The molecule has 0 aliphatic rings. The number of aliphatic hydroxyl groups excluding tert-OH is 1. The third kappa shape index (κ3) is 6.40. The number of nitrogens with zero attached hydrogens (tertiary/aromatic N) is 1. The van der Waals surface area contributed by atoms with Gasteiger partial charge in [-0.2, -0.15) is 8.42 Å². The Morgan fingerprint density at radius 2 is 1.52 bits per heavy atom. The first-order chi connectivity index (χ1) is 10.9. The molecule has 0 spiro atoms. The molecule has 6 heteroatoms. The fraction of sp³-hybridized carbons (Fsp3) is 0.294. The second kappa shape index (κ2) is 8.10. The van der Waals surface area contributed by atoms with E-state index in [9.17, 15) is 13.5 Å². The highest BCUT2D eigenvalue weighted by Crippen LogP contribution is 2.15. The molecule has 124 valence electrons. The SMILES string of the molecule is O=S(=O)(O)CC(O)CN(CCc1ccccc1)c1ccccc1. The van der Waals surface area contributed by atoms with Gasteiger partial charge < -0.3 is 10.0 Å². The van der Waals surface area contributed by atoms with Crippen molar-refractivity contribution in [1.29, 1.82) is 0 Å². The zero-order valence-corrected chi connectivity index (χ0v) is 13.6. The monoisotopic (exact) mass is 335 g/mol. The van der Waals surface area contributed by atoms with Crippen molar-refractivity contribution in [3.8, 4) is 0 Å². The van der Waals surface area contributed by atoms with E-state index in [2.05, 4.69) is 0 Å². The topological polar surface area (TPSA) is 77.8 Å². The minimum Gasteiger partial charge on any atom is -0.390 e. The van der Waals surface area contributed by atoms with Crippen LogP contribution < -0.4 is 4.90 Å². The van der Waals surface area contributed by atoms with Crippen molar-refractivity contribution in [2.75, 3.05) is 23.7 Å². The molecule has 0 heterocycles. The summed E-state index contributed by atoms with van der Waals surface area (Å²) < 4.78 is 30.7. The van der Waals surface area contributed by atoms with Gasteiger partial charge in [0.25, 0.3) is 10.1 Å². The number of anilines is 1. The highest BCUT2D eigenvalue weighted by molar-refractivity contribution is 7.85. The van der Waals surface area contributed by atoms with Crippen molar-refractivity contribution in [1.82, 2.24) is 0 Å². The summed E-state index contributed by atoms with van der Waals surface area (Å²) in [6.07, 6.45) is -0.380. The summed E-state index contributed by atoms with van der Waals surface area (Å²) in [6, 6.07) is 19.4. The Morgan fingerprint density at radius 1 is 0.957 bits per heavy atom. The van der Waals surface area contributed by atoms with E-state index in [-0.39, 0.29) is 6.54 Å². The van der Waals surface area contributed by atoms with Crippen molar-refractivity contribution in [2.45, 2.75) is 12.5 Å². The minimum absolute atomic E-state index is 0.136. The second-order valence-electron chi connectivity index (χ2n) is 5.42. The molecule has 2 rings (SSSR count). The maximum absolute atomic E-state index is 10.9. The lowest BCUT2D eigenvalue weighted by molar-refractivity contribution is 0.200. The smallest absolute Gasteiger partial charge is 0.267 e. The van der Waals surface area contributed by atoms with Crippen LogP contribution in [-0.4, -0.2) is 43.0 Å². The number of aliphatic hydroxyl groups is 1. The summed E-state index contributed by atoms with van der Waals surface area (Å²) in [4.78, 5) is 1.92. The first-order valence-electron chi connectivity index (χ1n) is 7.41. The van der Waals surface area contributed by atoms with Gasteiger partial charge in [0.2, 0.25) is 0 Å². The van der Waals surface area contributed by atoms with Gasteiger partial charge in [-0.15, -0.1) is 0 Å². The van der Waals surface area contributed by atoms with E-state index in [1.165, 1.54) is 0 Å². The number of benzene rings is 2. The van der Waals surface area contributed by atoms with Crippen LogP contribution in [0.25, 0.3) is 0 Å². The van der Waals surface area contributed by atoms with Crippen LogP contribution in [0.1, 0.15) is 5.56 Å². The molecule has 0 bridgehead atoms. The largest absolute Gasteiger partial charge is 0.390 e. The van der Waals surface area contributed by atoms with Crippen LogP contribution in [-0.2, 0) is 16.5 Å². The Bertz CT molecular complexity index is 689. The lowest BCUT2D eigenvalue weighted by Crippen LogP contribution is -2.37. The van der Waals surface area contributed by atoms with Gasteiger partial charge in [0.15, 0.2) is 0 Å². The molecule has 0 aliphatic heterocycles. The van der Waals surface area contributed by atoms with Gasteiger partial charge in [-0.3, -0.25) is 4.55 Å². The molecule has 0 aliphatic carbocycles. The molecule has 0 saturated carbocycles. The normalized spacial score (nSPS) is 12.8. The molecule has 5 nitrogen and oxygen atoms in total. The zero-order valence-electron chi connectivity index (χ0n) is 12.7. The molecule has 0 aromatic heterocycles. The minimum atomic E-state index is -4.19. The quantitative estimate of drug-likeness (QED) is 0.721. The van der Waals surface area contributed by atoms with Gasteiger partial charge in [0.1, 0.15) is 5.75 Å². The van der Waals surface area contributed by atoms with Gasteiger partial charge in [-0.25, -0.2) is 0 Å². The van der Waals surface area contributed by atoms with Crippen LogP contribution >= 0.6 is 0 Å². The van der Waals surface area contributed by atoms with Gasteiger partial charge in [-0.1, -0.05) is 48.5 Å². The molecule has 2 aromatic rings. The Hall–Kier alpha value is -1.89. The average Bonchev–Trinajstić information content (AvgIpc) is 2.51. The molecule has 2 aromatic carbocycles. The van der Waals surface area contributed by atoms with E-state index in [0.717, 1.165) is 17.7 Å². The number of rotatable bonds is 8. The van der Waals surface area contributed by atoms with Crippen LogP contribution in [0.15, 0.2) is 60.7 Å². The van der Waals surface area contributed by atoms with Crippen molar-refractivity contribution in [3.63, 3.8) is 0 Å². The molecule has 0 radical (unpaired) electrons. The van der Waals surface area contributed by atoms with Gasteiger partial charge in [-0.05, 0) is 24.1 Å². The van der Waals surface area contributed by atoms with E-state index in [4.69, 9.17) is 4.55 Å². The number of hydrogen-bond donors (Lipinski definition) is 2. The summed E-state index contributed by atoms with van der Waals surface area (Å²) in [5.74, 6) is -0.665. The first kappa shape index (κ1) is 17.5. The third-order valence-electron chi connectivity index (χ3n) is 3.47. The lowest BCUT2D eigenvalue weighted by atomic mass is 10.1. The Morgan fingerprint density at radius 3 is 2.09 bits per heavy atom. The van der Waals surface area contributed by atoms with Crippen molar-refractivity contribution >= 4 is 15.8 Å². The highest BCUT2D eigenvalue weighted by atomic mass is 32.2. The Labute approximate surface area is 136 Å². The first-order valence-corrected chi connectivity index (χ1v) is 9.02. The van der Waals surface area contributed by atoms with E-state index in [1.807, 2.05) is 65.6 Å². The van der Waals surface area contributed by atoms with Crippen LogP contribution in [0.3, 0.4) is 0 Å². The molecule has 1 unspecified atom stereocenters. The summed E-state index contributed by atoms with van der Waals surface area (Å²) in [7, 11) is -4.19. The van der Waals surface area contributed by atoms with E-state index in [0.29, 0.717) is 6.54 Å².